The van der Waals surface area contributed by atoms with Crippen molar-refractivity contribution in [2.45, 2.75) is 45.4 Å². The molecule has 0 unspecified atom stereocenters. The van der Waals surface area contributed by atoms with Crippen molar-refractivity contribution in [2.24, 2.45) is 0 Å². The molecule has 0 saturated heterocycles. The van der Waals surface area contributed by atoms with Crippen LogP contribution in [0.15, 0.2) is 31.0 Å². The summed E-state index contributed by atoms with van der Waals surface area (Å²) in [6.07, 6.45) is 6.06. The fraction of sp³-hybridized carbons (Fsp3) is 0.438. The summed E-state index contributed by atoms with van der Waals surface area (Å²) in [5.74, 6) is -0.118. The summed E-state index contributed by atoms with van der Waals surface area (Å²) in [6, 6.07) is 5.45. The number of phenolic OH excluding ortho intramolecular Hbond substituents is 1. The lowest BCUT2D eigenvalue weighted by Gasteiger charge is -2.07. The molecule has 0 aromatic heterocycles. The smallest absolute Gasteiger partial charge is 0.355 e. The Bertz CT molecular complexity index is 440. The summed E-state index contributed by atoms with van der Waals surface area (Å²) in [5.41, 5.74) is 1.94. The van der Waals surface area contributed by atoms with E-state index in [4.69, 9.17) is 0 Å². The maximum absolute atomic E-state index is 11.3. The molecule has 1 aromatic carbocycles. The Hall–Kier alpha value is -1.97. The Kier molecular flexibility index (Phi) is 7.25. The van der Waals surface area contributed by atoms with E-state index in [1.54, 1.807) is 6.07 Å². The van der Waals surface area contributed by atoms with Crippen molar-refractivity contribution in [3.05, 3.63) is 42.2 Å². The Balaban J connectivity index is 2.51. The quantitative estimate of drug-likeness (QED) is 0.324. The zero-order valence-electron chi connectivity index (χ0n) is 11.9. The van der Waals surface area contributed by atoms with Crippen LogP contribution < -0.4 is 0 Å². The molecule has 110 valence electrons. The molecule has 20 heavy (non-hydrogen) atoms. The summed E-state index contributed by atoms with van der Waals surface area (Å²) in [4.78, 5) is 20.1. The Morgan fingerprint density at radius 1 is 1.35 bits per heavy atom. The van der Waals surface area contributed by atoms with Gasteiger partial charge < -0.3 is 5.11 Å². The van der Waals surface area contributed by atoms with Crippen LogP contribution in [-0.4, -0.2) is 11.1 Å². The van der Waals surface area contributed by atoms with Gasteiger partial charge in [-0.15, -0.1) is 0 Å². The predicted molar refractivity (Wildman–Crippen MR) is 77.0 cm³/mol. The largest absolute Gasteiger partial charge is 0.508 e. The molecule has 1 N–H and O–H groups in total. The first-order valence-corrected chi connectivity index (χ1v) is 6.95. The van der Waals surface area contributed by atoms with Gasteiger partial charge in [-0.05, 0) is 36.5 Å². The molecule has 1 aromatic rings. The van der Waals surface area contributed by atoms with Gasteiger partial charge in [0.25, 0.3) is 0 Å². The molecular weight excluding hydrogens is 256 g/mol. The van der Waals surface area contributed by atoms with Gasteiger partial charge in [0, 0.05) is 0 Å². The second kappa shape index (κ2) is 9.02. The SMILES string of the molecule is C=COOC(=O)CCc1ccc(O)c(CCCCC)c1. The number of rotatable bonds is 9. The molecule has 4 nitrogen and oxygen atoms in total. The zero-order valence-corrected chi connectivity index (χ0v) is 11.9. The van der Waals surface area contributed by atoms with Crippen LogP contribution in [0.1, 0.15) is 43.7 Å². The first-order valence-electron chi connectivity index (χ1n) is 6.95. The first kappa shape index (κ1) is 16.1. The van der Waals surface area contributed by atoms with E-state index in [0.717, 1.165) is 43.1 Å². The maximum atomic E-state index is 11.3. The monoisotopic (exact) mass is 278 g/mol. The summed E-state index contributed by atoms with van der Waals surface area (Å²) in [6.45, 7) is 5.43. The highest BCUT2D eigenvalue weighted by molar-refractivity contribution is 5.69. The molecule has 0 heterocycles. The molecule has 0 aliphatic heterocycles. The molecule has 0 aliphatic carbocycles. The third-order valence-electron chi connectivity index (χ3n) is 3.02. The van der Waals surface area contributed by atoms with Crippen LogP contribution >= 0.6 is 0 Å². The number of carbonyl (C=O) groups excluding carboxylic acids is 1. The van der Waals surface area contributed by atoms with Crippen LogP contribution in [0, 0.1) is 0 Å². The second-order valence-electron chi connectivity index (χ2n) is 4.64. The van der Waals surface area contributed by atoms with Gasteiger partial charge in [0.15, 0.2) is 0 Å². The van der Waals surface area contributed by atoms with Gasteiger partial charge in [0.2, 0.25) is 0 Å². The van der Waals surface area contributed by atoms with E-state index < -0.39 is 5.97 Å². The van der Waals surface area contributed by atoms with E-state index in [1.807, 2.05) is 12.1 Å². The van der Waals surface area contributed by atoms with Crippen molar-refractivity contribution in [3.63, 3.8) is 0 Å². The van der Waals surface area contributed by atoms with E-state index in [1.165, 1.54) is 0 Å². The van der Waals surface area contributed by atoms with Gasteiger partial charge in [-0.25, -0.2) is 4.79 Å². The van der Waals surface area contributed by atoms with Crippen molar-refractivity contribution >= 4 is 5.97 Å². The van der Waals surface area contributed by atoms with Crippen molar-refractivity contribution in [2.75, 3.05) is 0 Å². The average Bonchev–Trinajstić information content (AvgIpc) is 2.45. The Labute approximate surface area is 120 Å². The lowest BCUT2D eigenvalue weighted by atomic mass is 10.0. The van der Waals surface area contributed by atoms with Crippen molar-refractivity contribution in [3.8, 4) is 5.75 Å². The Morgan fingerprint density at radius 2 is 2.15 bits per heavy atom. The summed E-state index contributed by atoms with van der Waals surface area (Å²) >= 11 is 0. The summed E-state index contributed by atoms with van der Waals surface area (Å²) < 4.78 is 0. The van der Waals surface area contributed by atoms with Gasteiger partial charge >= 0.3 is 5.97 Å². The van der Waals surface area contributed by atoms with Crippen LogP contribution in [0.2, 0.25) is 0 Å². The second-order valence-corrected chi connectivity index (χ2v) is 4.64. The minimum atomic E-state index is -0.439. The van der Waals surface area contributed by atoms with Crippen LogP contribution in [0.25, 0.3) is 0 Å². The van der Waals surface area contributed by atoms with Crippen LogP contribution in [0.4, 0.5) is 0 Å². The van der Waals surface area contributed by atoms with E-state index in [-0.39, 0.29) is 6.42 Å². The molecule has 0 atom stereocenters. The molecule has 0 aliphatic rings. The molecule has 0 spiro atoms. The fourth-order valence-corrected chi connectivity index (χ4v) is 1.94. The highest BCUT2D eigenvalue weighted by Crippen LogP contribution is 2.21. The fourth-order valence-electron chi connectivity index (χ4n) is 1.94. The lowest BCUT2D eigenvalue weighted by molar-refractivity contribution is -0.238. The number of unbranched alkanes of at least 4 members (excludes halogenated alkanes) is 2. The van der Waals surface area contributed by atoms with Crippen molar-refractivity contribution < 1.29 is 19.7 Å². The molecule has 0 saturated carbocycles. The highest BCUT2D eigenvalue weighted by atomic mass is 17.2. The van der Waals surface area contributed by atoms with Crippen LogP contribution in [0.3, 0.4) is 0 Å². The number of aromatic hydroxyl groups is 1. The summed E-state index contributed by atoms with van der Waals surface area (Å²) in [5, 5.41) is 9.81. The topological polar surface area (TPSA) is 55.8 Å². The molecule has 0 amide bonds. The number of aryl methyl sites for hydroxylation is 2. The molecule has 4 heteroatoms. The zero-order chi connectivity index (χ0) is 14.8. The number of benzene rings is 1. The lowest BCUT2D eigenvalue weighted by Crippen LogP contribution is -2.04. The molecule has 1 rings (SSSR count). The number of hydrogen-bond acceptors (Lipinski definition) is 4. The van der Waals surface area contributed by atoms with Crippen molar-refractivity contribution in [1.82, 2.24) is 0 Å². The van der Waals surface area contributed by atoms with Gasteiger partial charge in [-0.3, -0.25) is 9.78 Å². The van der Waals surface area contributed by atoms with Gasteiger partial charge in [0.1, 0.15) is 12.0 Å². The first-order chi connectivity index (χ1) is 9.67. The highest BCUT2D eigenvalue weighted by Gasteiger charge is 2.07. The molecule has 0 fully saturated rings. The van der Waals surface area contributed by atoms with Crippen LogP contribution in [-0.2, 0) is 27.4 Å². The van der Waals surface area contributed by atoms with E-state index in [9.17, 15) is 9.90 Å². The minimum Gasteiger partial charge on any atom is -0.508 e. The van der Waals surface area contributed by atoms with Crippen molar-refractivity contribution in [1.29, 1.82) is 0 Å². The normalized spacial score (nSPS) is 10.1. The molecule has 0 radical (unpaired) electrons. The predicted octanol–water partition coefficient (Wildman–Crippen LogP) is 3.68. The molecular formula is C16H22O4. The van der Waals surface area contributed by atoms with Gasteiger partial charge in [-0.2, -0.15) is 0 Å². The summed E-state index contributed by atoms with van der Waals surface area (Å²) in [7, 11) is 0. The standard InChI is InChI=1S/C16H22O4/c1-3-5-6-7-14-12-13(8-10-15(14)17)9-11-16(18)20-19-4-2/h4,8,10,12,17H,2-3,5-7,9,11H2,1H3. The van der Waals surface area contributed by atoms with E-state index in [2.05, 4.69) is 23.3 Å². The third kappa shape index (κ3) is 5.78. The van der Waals surface area contributed by atoms with Gasteiger partial charge in [0.05, 0.1) is 6.42 Å². The molecule has 0 bridgehead atoms. The minimum absolute atomic E-state index is 0.229. The van der Waals surface area contributed by atoms with E-state index >= 15 is 0 Å². The maximum Gasteiger partial charge on any atom is 0.355 e. The van der Waals surface area contributed by atoms with Crippen LogP contribution in [0.5, 0.6) is 5.75 Å². The number of hydrogen-bond donors (Lipinski definition) is 1. The third-order valence-corrected chi connectivity index (χ3v) is 3.02. The van der Waals surface area contributed by atoms with E-state index in [0.29, 0.717) is 12.2 Å². The Morgan fingerprint density at radius 3 is 2.85 bits per heavy atom. The number of carbonyl (C=O) groups is 1. The average molecular weight is 278 g/mol. The van der Waals surface area contributed by atoms with Gasteiger partial charge in [-0.1, -0.05) is 38.5 Å². The number of phenols is 1.